The van der Waals surface area contributed by atoms with E-state index in [0.717, 1.165) is 5.56 Å². The maximum Gasteiger partial charge on any atom is 0.338 e. The number of carbonyl (C=O) groups excluding carboxylic acids is 2. The number of rotatable bonds is 7. The number of Topliss-reactive ketones (excluding diaryl/α,β-unsaturated/α-hetero) is 1. The second-order valence-corrected chi connectivity index (χ2v) is 9.05. The van der Waals surface area contributed by atoms with Crippen molar-refractivity contribution in [2.75, 3.05) is 23.2 Å². The van der Waals surface area contributed by atoms with Crippen molar-refractivity contribution in [1.82, 2.24) is 20.2 Å². The average molecular weight is 441 g/mol. The van der Waals surface area contributed by atoms with E-state index in [2.05, 4.69) is 15.5 Å². The zero-order valence-corrected chi connectivity index (χ0v) is 17.4. The smallest absolute Gasteiger partial charge is 0.338 e. The number of carbonyl (C=O) groups is 2. The second-order valence-electron chi connectivity index (χ2n) is 6.87. The topological polar surface area (TPSA) is 124 Å². The molecule has 3 aromatic rings. The highest BCUT2D eigenvalue weighted by Crippen LogP contribution is 2.31. The number of ketones is 1. The van der Waals surface area contributed by atoms with Crippen LogP contribution in [0.5, 0.6) is 0 Å². The molecule has 1 aliphatic rings. The quantitative estimate of drug-likeness (QED) is 0.398. The minimum Gasteiger partial charge on any atom is -0.454 e. The first kappa shape index (κ1) is 20.7. The molecule has 0 amide bonds. The third kappa shape index (κ3) is 4.17. The van der Waals surface area contributed by atoms with Gasteiger partial charge in [0.1, 0.15) is 6.33 Å². The molecular weight excluding hydrogens is 422 g/mol. The highest BCUT2D eigenvalue weighted by Gasteiger charge is 2.28. The Balaban J connectivity index is 1.39. The van der Waals surface area contributed by atoms with Gasteiger partial charge in [-0.15, -0.1) is 5.10 Å². The summed E-state index contributed by atoms with van der Waals surface area (Å²) in [6.07, 6.45) is 1.96. The summed E-state index contributed by atoms with van der Waals surface area (Å²) in [5.41, 5.74) is 2.72. The number of nitrogens with zero attached hydrogens (tertiary/aromatic N) is 5. The van der Waals surface area contributed by atoms with Crippen molar-refractivity contribution in [1.29, 1.82) is 0 Å². The molecule has 0 radical (unpaired) electrons. The minimum absolute atomic E-state index is 0.0137. The highest BCUT2D eigenvalue weighted by molar-refractivity contribution is 7.92. The summed E-state index contributed by atoms with van der Waals surface area (Å²) in [6, 6.07) is 11.3. The number of benzene rings is 2. The fraction of sp³-hybridized carbons (Fsp3) is 0.250. The Kier molecular flexibility index (Phi) is 5.51. The molecule has 0 fully saturated rings. The standard InChI is InChI=1S/C20H19N5O5S/c1-2-31(28,29)25-10-9-15-11-16(5-8-18(15)25)19(26)12-30-20(27)14-3-6-17(7-4-14)24-13-21-22-23-24/h3-8,11,13H,2,9-10,12H2,1H3. The summed E-state index contributed by atoms with van der Waals surface area (Å²) in [4.78, 5) is 24.7. The highest BCUT2D eigenvalue weighted by atomic mass is 32.2. The van der Waals surface area contributed by atoms with Gasteiger partial charge >= 0.3 is 5.97 Å². The maximum absolute atomic E-state index is 12.5. The Morgan fingerprint density at radius 2 is 1.84 bits per heavy atom. The first-order valence-electron chi connectivity index (χ1n) is 9.56. The van der Waals surface area contributed by atoms with Crippen molar-refractivity contribution in [3.8, 4) is 5.69 Å². The predicted molar refractivity (Wildman–Crippen MR) is 111 cm³/mol. The normalized spacial score (nSPS) is 13.1. The van der Waals surface area contributed by atoms with Gasteiger partial charge in [0.2, 0.25) is 10.0 Å². The molecule has 31 heavy (non-hydrogen) atoms. The zero-order valence-electron chi connectivity index (χ0n) is 16.6. The molecule has 11 heteroatoms. The fourth-order valence-electron chi connectivity index (χ4n) is 3.32. The first-order chi connectivity index (χ1) is 14.9. The van der Waals surface area contributed by atoms with E-state index in [0.29, 0.717) is 35.5 Å². The summed E-state index contributed by atoms with van der Waals surface area (Å²) >= 11 is 0. The van der Waals surface area contributed by atoms with E-state index in [1.165, 1.54) is 15.3 Å². The monoisotopic (exact) mass is 441 g/mol. The van der Waals surface area contributed by atoms with Crippen LogP contribution in [-0.4, -0.2) is 59.3 Å². The van der Waals surface area contributed by atoms with E-state index in [1.807, 2.05) is 0 Å². The summed E-state index contributed by atoms with van der Waals surface area (Å²) < 4.78 is 32.3. The number of hydrogen-bond donors (Lipinski definition) is 0. The van der Waals surface area contributed by atoms with E-state index >= 15 is 0 Å². The van der Waals surface area contributed by atoms with Crippen molar-refractivity contribution in [3.63, 3.8) is 0 Å². The van der Waals surface area contributed by atoms with Crippen LogP contribution in [0.3, 0.4) is 0 Å². The van der Waals surface area contributed by atoms with Crippen LogP contribution < -0.4 is 4.31 Å². The van der Waals surface area contributed by atoms with Gasteiger partial charge in [-0.3, -0.25) is 9.10 Å². The van der Waals surface area contributed by atoms with Crippen LogP contribution in [0.25, 0.3) is 5.69 Å². The molecule has 0 N–H and O–H groups in total. The van der Waals surface area contributed by atoms with E-state index in [9.17, 15) is 18.0 Å². The Morgan fingerprint density at radius 3 is 2.52 bits per heavy atom. The molecule has 0 atom stereocenters. The lowest BCUT2D eigenvalue weighted by molar-refractivity contribution is 0.0475. The molecule has 0 spiro atoms. The number of hydrogen-bond acceptors (Lipinski definition) is 8. The lowest BCUT2D eigenvalue weighted by atomic mass is 10.1. The number of ether oxygens (including phenoxy) is 1. The van der Waals surface area contributed by atoms with Gasteiger partial charge in [-0.05, 0) is 71.8 Å². The molecule has 1 aromatic heterocycles. The minimum atomic E-state index is -3.35. The average Bonchev–Trinajstić information content (AvgIpc) is 3.47. The van der Waals surface area contributed by atoms with Crippen LogP contribution >= 0.6 is 0 Å². The molecule has 2 aromatic carbocycles. The molecule has 2 heterocycles. The van der Waals surface area contributed by atoms with Gasteiger partial charge < -0.3 is 4.74 Å². The van der Waals surface area contributed by atoms with Gasteiger partial charge in [0, 0.05) is 12.1 Å². The van der Waals surface area contributed by atoms with Crippen molar-refractivity contribution < 1.29 is 22.7 Å². The van der Waals surface area contributed by atoms with E-state index in [-0.39, 0.29) is 11.5 Å². The van der Waals surface area contributed by atoms with Gasteiger partial charge in [0.25, 0.3) is 0 Å². The number of tetrazole rings is 1. The Labute approximate surface area is 178 Å². The lowest BCUT2D eigenvalue weighted by Crippen LogP contribution is -2.30. The zero-order chi connectivity index (χ0) is 22.0. The van der Waals surface area contributed by atoms with E-state index in [4.69, 9.17) is 4.74 Å². The van der Waals surface area contributed by atoms with Gasteiger partial charge in [-0.2, -0.15) is 0 Å². The molecular formula is C20H19N5O5S. The molecule has 1 aliphatic heterocycles. The number of aromatic nitrogens is 4. The Bertz CT molecular complexity index is 1220. The van der Waals surface area contributed by atoms with Crippen LogP contribution in [0.1, 0.15) is 33.2 Å². The Hall–Kier alpha value is -3.60. The second kappa shape index (κ2) is 8.26. The van der Waals surface area contributed by atoms with E-state index in [1.54, 1.807) is 49.4 Å². The third-order valence-electron chi connectivity index (χ3n) is 5.01. The molecule has 10 nitrogen and oxygen atoms in total. The summed E-state index contributed by atoms with van der Waals surface area (Å²) in [5.74, 6) is -0.976. The SMILES string of the molecule is CCS(=O)(=O)N1CCc2cc(C(=O)COC(=O)c3ccc(-n4cnnn4)cc3)ccc21. The molecule has 0 saturated heterocycles. The molecule has 4 rings (SSSR count). The van der Waals surface area contributed by atoms with Gasteiger partial charge in [0.05, 0.1) is 22.7 Å². The van der Waals surface area contributed by atoms with E-state index < -0.39 is 22.6 Å². The summed E-state index contributed by atoms with van der Waals surface area (Å²) in [5, 5.41) is 10.9. The summed E-state index contributed by atoms with van der Waals surface area (Å²) in [7, 11) is -3.35. The molecule has 0 unspecified atom stereocenters. The molecule has 0 bridgehead atoms. The van der Waals surface area contributed by atoms with Crippen LogP contribution in [-0.2, 0) is 21.2 Å². The van der Waals surface area contributed by atoms with Gasteiger partial charge in [-0.25, -0.2) is 17.9 Å². The Morgan fingerprint density at radius 1 is 1.10 bits per heavy atom. The number of esters is 1. The number of anilines is 1. The van der Waals surface area contributed by atoms with Crippen molar-refractivity contribution in [2.24, 2.45) is 0 Å². The number of sulfonamides is 1. The lowest BCUT2D eigenvalue weighted by Gasteiger charge is -2.18. The van der Waals surface area contributed by atoms with Crippen molar-refractivity contribution >= 4 is 27.5 Å². The van der Waals surface area contributed by atoms with Gasteiger partial charge in [0.15, 0.2) is 12.4 Å². The summed E-state index contributed by atoms with van der Waals surface area (Å²) in [6.45, 7) is 1.54. The fourth-order valence-corrected chi connectivity index (χ4v) is 4.48. The third-order valence-corrected chi connectivity index (χ3v) is 6.79. The van der Waals surface area contributed by atoms with Crippen LogP contribution in [0.4, 0.5) is 5.69 Å². The molecule has 0 saturated carbocycles. The van der Waals surface area contributed by atoms with Crippen molar-refractivity contribution in [3.05, 3.63) is 65.5 Å². The van der Waals surface area contributed by atoms with Crippen LogP contribution in [0, 0.1) is 0 Å². The number of fused-ring (bicyclic) bond motifs is 1. The van der Waals surface area contributed by atoms with Crippen LogP contribution in [0.15, 0.2) is 48.8 Å². The van der Waals surface area contributed by atoms with Gasteiger partial charge in [-0.1, -0.05) is 0 Å². The molecule has 160 valence electrons. The first-order valence-corrected chi connectivity index (χ1v) is 11.2. The maximum atomic E-state index is 12.5. The molecule has 0 aliphatic carbocycles. The predicted octanol–water partition coefficient (Wildman–Crippen LogP) is 1.41. The van der Waals surface area contributed by atoms with Crippen molar-refractivity contribution in [2.45, 2.75) is 13.3 Å². The largest absolute Gasteiger partial charge is 0.454 e. The van der Waals surface area contributed by atoms with Crippen LogP contribution in [0.2, 0.25) is 0 Å².